The van der Waals surface area contributed by atoms with Crippen molar-refractivity contribution in [3.63, 3.8) is 0 Å². The molecular formula is C11H11ClO5S. The van der Waals surface area contributed by atoms with E-state index in [0.29, 0.717) is 6.26 Å². The van der Waals surface area contributed by atoms with Gasteiger partial charge in [0.1, 0.15) is 11.2 Å². The number of rotatable bonds is 4. The SMILES string of the molecule is COC(=O)/C(Cl)=C/OS(=O)(=O)c1ccc(C)cc1. The summed E-state index contributed by atoms with van der Waals surface area (Å²) in [5, 5.41) is -0.465. The minimum Gasteiger partial charge on any atom is -0.465 e. The highest BCUT2D eigenvalue weighted by Crippen LogP contribution is 2.15. The summed E-state index contributed by atoms with van der Waals surface area (Å²) < 4.78 is 32.2. The van der Waals surface area contributed by atoms with E-state index in [9.17, 15) is 13.2 Å². The third-order valence-electron chi connectivity index (χ3n) is 1.97. The molecule has 0 atom stereocenters. The van der Waals surface area contributed by atoms with Gasteiger partial charge in [-0.1, -0.05) is 29.3 Å². The highest BCUT2D eigenvalue weighted by molar-refractivity contribution is 7.86. The summed E-state index contributed by atoms with van der Waals surface area (Å²) in [7, 11) is -2.86. The van der Waals surface area contributed by atoms with E-state index in [1.165, 1.54) is 12.1 Å². The molecule has 1 aromatic carbocycles. The van der Waals surface area contributed by atoms with Crippen molar-refractivity contribution in [2.24, 2.45) is 0 Å². The van der Waals surface area contributed by atoms with Gasteiger partial charge in [0.15, 0.2) is 5.03 Å². The van der Waals surface area contributed by atoms with Crippen molar-refractivity contribution >= 4 is 27.7 Å². The normalized spacial score (nSPS) is 12.1. The Hall–Kier alpha value is -1.53. The molecule has 0 heterocycles. The number of hydrogen-bond donors (Lipinski definition) is 0. The van der Waals surface area contributed by atoms with Gasteiger partial charge in [0.2, 0.25) is 0 Å². The van der Waals surface area contributed by atoms with Crippen LogP contribution in [0, 0.1) is 6.92 Å². The summed E-state index contributed by atoms with van der Waals surface area (Å²) in [5.41, 5.74) is 0.914. The smallest absolute Gasteiger partial charge is 0.352 e. The van der Waals surface area contributed by atoms with Crippen molar-refractivity contribution in [1.82, 2.24) is 0 Å². The zero-order chi connectivity index (χ0) is 13.8. The monoisotopic (exact) mass is 290 g/mol. The quantitative estimate of drug-likeness (QED) is 0.367. The van der Waals surface area contributed by atoms with Gasteiger partial charge in [0, 0.05) is 0 Å². The second kappa shape index (κ2) is 5.88. The highest BCUT2D eigenvalue weighted by atomic mass is 35.5. The van der Waals surface area contributed by atoms with Crippen LogP contribution in [0.25, 0.3) is 0 Å². The van der Waals surface area contributed by atoms with Crippen molar-refractivity contribution in [2.75, 3.05) is 7.11 Å². The van der Waals surface area contributed by atoms with Crippen LogP contribution in [-0.2, 0) is 23.8 Å². The summed E-state index contributed by atoms with van der Waals surface area (Å²) >= 11 is 5.45. The van der Waals surface area contributed by atoms with Crippen LogP contribution in [0.15, 0.2) is 40.5 Å². The lowest BCUT2D eigenvalue weighted by Gasteiger charge is -2.03. The zero-order valence-corrected chi connectivity index (χ0v) is 11.3. The number of aryl methyl sites for hydroxylation is 1. The first-order valence-corrected chi connectivity index (χ1v) is 6.59. The van der Waals surface area contributed by atoms with E-state index in [4.69, 9.17) is 11.6 Å². The molecule has 0 saturated heterocycles. The van der Waals surface area contributed by atoms with E-state index in [-0.39, 0.29) is 4.90 Å². The Kier molecular flexibility index (Phi) is 4.75. The van der Waals surface area contributed by atoms with E-state index in [1.807, 2.05) is 6.92 Å². The molecule has 1 rings (SSSR count). The Bertz CT molecular complexity index is 560. The maximum atomic E-state index is 11.7. The minimum absolute atomic E-state index is 0.0290. The molecule has 0 aliphatic carbocycles. The molecule has 0 spiro atoms. The summed E-state index contributed by atoms with van der Waals surface area (Å²) in [6.07, 6.45) is 0.628. The molecule has 0 aromatic heterocycles. The van der Waals surface area contributed by atoms with Crippen LogP contribution in [0.1, 0.15) is 5.56 Å². The van der Waals surface area contributed by atoms with Gasteiger partial charge in [-0.15, -0.1) is 0 Å². The standard InChI is InChI=1S/C11H11ClO5S/c1-8-3-5-9(6-4-8)18(14,15)17-7-10(12)11(13)16-2/h3-7H,1-2H3/b10-7-. The minimum atomic E-state index is -3.98. The second-order valence-electron chi connectivity index (χ2n) is 3.32. The fourth-order valence-corrected chi connectivity index (χ4v) is 1.99. The fourth-order valence-electron chi connectivity index (χ4n) is 1.01. The lowest BCUT2D eigenvalue weighted by molar-refractivity contribution is -0.135. The summed E-state index contributed by atoms with van der Waals surface area (Å²) in [6.45, 7) is 1.82. The first kappa shape index (κ1) is 14.5. The van der Waals surface area contributed by atoms with Crippen LogP contribution in [0.5, 0.6) is 0 Å². The number of esters is 1. The third kappa shape index (κ3) is 3.75. The Morgan fingerprint density at radius 3 is 2.33 bits per heavy atom. The average Bonchev–Trinajstić information content (AvgIpc) is 2.35. The number of hydrogen-bond acceptors (Lipinski definition) is 5. The molecule has 7 heteroatoms. The van der Waals surface area contributed by atoms with E-state index >= 15 is 0 Å². The van der Waals surface area contributed by atoms with Gasteiger partial charge in [-0.05, 0) is 19.1 Å². The van der Waals surface area contributed by atoms with Crippen molar-refractivity contribution in [3.8, 4) is 0 Å². The summed E-state index contributed by atoms with van der Waals surface area (Å²) in [4.78, 5) is 10.9. The van der Waals surface area contributed by atoms with Gasteiger partial charge in [0.25, 0.3) is 0 Å². The fraction of sp³-hybridized carbons (Fsp3) is 0.182. The van der Waals surface area contributed by atoms with Gasteiger partial charge in [-0.3, -0.25) is 0 Å². The first-order valence-electron chi connectivity index (χ1n) is 4.81. The van der Waals surface area contributed by atoms with E-state index in [2.05, 4.69) is 8.92 Å². The molecule has 1 aromatic rings. The lowest BCUT2D eigenvalue weighted by atomic mass is 10.2. The molecule has 0 aliphatic rings. The molecule has 0 saturated carbocycles. The van der Waals surface area contributed by atoms with Crippen LogP contribution in [0.2, 0.25) is 0 Å². The lowest BCUT2D eigenvalue weighted by Crippen LogP contribution is -2.05. The van der Waals surface area contributed by atoms with Crippen LogP contribution >= 0.6 is 11.6 Å². The maximum Gasteiger partial charge on any atom is 0.352 e. The molecule has 5 nitrogen and oxygen atoms in total. The topological polar surface area (TPSA) is 69.7 Å². The van der Waals surface area contributed by atoms with Crippen LogP contribution < -0.4 is 0 Å². The Labute approximate surface area is 110 Å². The maximum absolute atomic E-state index is 11.7. The highest BCUT2D eigenvalue weighted by Gasteiger charge is 2.15. The first-order chi connectivity index (χ1) is 8.36. The van der Waals surface area contributed by atoms with Crippen LogP contribution in [-0.4, -0.2) is 21.5 Å². The molecule has 0 amide bonds. The number of carbonyl (C=O) groups is 1. The average molecular weight is 291 g/mol. The number of methoxy groups -OCH3 is 1. The largest absolute Gasteiger partial charge is 0.465 e. The predicted molar refractivity (Wildman–Crippen MR) is 65.4 cm³/mol. The Morgan fingerprint density at radius 1 is 1.28 bits per heavy atom. The van der Waals surface area contributed by atoms with E-state index in [0.717, 1.165) is 12.7 Å². The van der Waals surface area contributed by atoms with E-state index < -0.39 is 21.1 Å². The van der Waals surface area contributed by atoms with E-state index in [1.54, 1.807) is 12.1 Å². The summed E-state index contributed by atoms with van der Waals surface area (Å²) in [5.74, 6) is -0.879. The van der Waals surface area contributed by atoms with Crippen LogP contribution in [0.4, 0.5) is 0 Å². The molecule has 18 heavy (non-hydrogen) atoms. The van der Waals surface area contributed by atoms with Crippen molar-refractivity contribution in [2.45, 2.75) is 11.8 Å². The Morgan fingerprint density at radius 2 is 1.83 bits per heavy atom. The number of halogens is 1. The molecule has 0 bridgehead atoms. The molecule has 0 fully saturated rings. The number of carbonyl (C=O) groups excluding carboxylic acids is 1. The second-order valence-corrected chi connectivity index (χ2v) is 5.30. The summed E-state index contributed by atoms with van der Waals surface area (Å²) in [6, 6.07) is 6.04. The van der Waals surface area contributed by atoms with Crippen molar-refractivity contribution in [1.29, 1.82) is 0 Å². The molecule has 0 aliphatic heterocycles. The van der Waals surface area contributed by atoms with Gasteiger partial charge in [0.05, 0.1) is 7.11 Å². The van der Waals surface area contributed by atoms with Crippen LogP contribution in [0.3, 0.4) is 0 Å². The molecule has 0 radical (unpaired) electrons. The molecular weight excluding hydrogens is 280 g/mol. The van der Waals surface area contributed by atoms with Gasteiger partial charge in [-0.2, -0.15) is 8.42 Å². The number of ether oxygens (including phenoxy) is 1. The molecule has 98 valence electrons. The van der Waals surface area contributed by atoms with Gasteiger partial charge in [-0.25, -0.2) is 4.79 Å². The number of benzene rings is 1. The molecule has 0 N–H and O–H groups in total. The molecule has 0 unspecified atom stereocenters. The van der Waals surface area contributed by atoms with Gasteiger partial charge < -0.3 is 8.92 Å². The van der Waals surface area contributed by atoms with Crippen molar-refractivity contribution < 1.29 is 22.1 Å². The third-order valence-corrected chi connectivity index (χ3v) is 3.41. The zero-order valence-electron chi connectivity index (χ0n) is 9.71. The predicted octanol–water partition coefficient (Wildman–Crippen LogP) is 1.95. The van der Waals surface area contributed by atoms with Gasteiger partial charge >= 0.3 is 16.1 Å². The Balaban J connectivity index is 2.90. The van der Waals surface area contributed by atoms with Crippen molar-refractivity contribution in [3.05, 3.63) is 41.1 Å².